The number of aromatic nitrogens is 3. The van der Waals surface area contributed by atoms with Crippen molar-refractivity contribution in [2.75, 3.05) is 6.54 Å². The first-order valence-electron chi connectivity index (χ1n) is 5.10. The third-order valence-corrected chi connectivity index (χ3v) is 3.66. The first-order chi connectivity index (χ1) is 7.78. The third-order valence-electron chi connectivity index (χ3n) is 2.11. The molecule has 0 amide bonds. The Morgan fingerprint density at radius 1 is 1.56 bits per heavy atom. The van der Waals surface area contributed by atoms with Crippen LogP contribution in [0, 0.1) is 0 Å². The molecule has 0 atom stereocenters. The molecule has 2 aromatic rings. The Bertz CT molecular complexity index is 451. The van der Waals surface area contributed by atoms with Crippen LogP contribution in [0.3, 0.4) is 0 Å². The summed E-state index contributed by atoms with van der Waals surface area (Å²) in [6, 6.07) is 2.11. The highest BCUT2D eigenvalue weighted by Gasteiger charge is 2.02. The molecule has 0 fully saturated rings. The fourth-order valence-corrected chi connectivity index (χ4v) is 2.57. The lowest BCUT2D eigenvalue weighted by Gasteiger charge is -1.96. The topological polar surface area (TPSA) is 42.7 Å². The van der Waals surface area contributed by atoms with Gasteiger partial charge in [-0.2, -0.15) is 0 Å². The maximum absolute atomic E-state index is 4.10. The molecule has 0 aliphatic heterocycles. The van der Waals surface area contributed by atoms with Gasteiger partial charge in [-0.05, 0) is 39.5 Å². The zero-order valence-corrected chi connectivity index (χ0v) is 11.4. The van der Waals surface area contributed by atoms with E-state index in [9.17, 15) is 0 Å². The second kappa shape index (κ2) is 5.56. The van der Waals surface area contributed by atoms with Crippen LogP contribution in [0.1, 0.15) is 18.2 Å². The van der Waals surface area contributed by atoms with Gasteiger partial charge in [0.05, 0.1) is 22.2 Å². The molecule has 0 bridgehead atoms. The second-order valence-electron chi connectivity index (χ2n) is 3.45. The van der Waals surface area contributed by atoms with E-state index in [-0.39, 0.29) is 0 Å². The zero-order chi connectivity index (χ0) is 11.4. The Labute approximate surface area is 107 Å². The van der Waals surface area contributed by atoms with Crippen molar-refractivity contribution in [2.45, 2.75) is 20.0 Å². The smallest absolute Gasteiger partial charge is 0.0964 e. The number of halogens is 1. The zero-order valence-electron chi connectivity index (χ0n) is 8.98. The molecular weight excluding hydrogens is 288 g/mol. The van der Waals surface area contributed by atoms with E-state index in [0.29, 0.717) is 0 Å². The number of hydrogen-bond acceptors (Lipinski definition) is 4. The molecule has 2 aromatic heterocycles. The third kappa shape index (κ3) is 3.13. The minimum Gasteiger partial charge on any atom is -0.311 e. The van der Waals surface area contributed by atoms with Gasteiger partial charge in [0.25, 0.3) is 0 Å². The highest BCUT2D eigenvalue weighted by atomic mass is 79.9. The van der Waals surface area contributed by atoms with Crippen molar-refractivity contribution in [3.63, 3.8) is 0 Å². The molecule has 16 heavy (non-hydrogen) atoms. The molecule has 4 nitrogen and oxygen atoms in total. The van der Waals surface area contributed by atoms with Gasteiger partial charge in [0.15, 0.2) is 0 Å². The maximum Gasteiger partial charge on any atom is 0.0964 e. The summed E-state index contributed by atoms with van der Waals surface area (Å²) >= 11 is 5.14. The van der Waals surface area contributed by atoms with E-state index in [2.05, 4.69) is 49.9 Å². The summed E-state index contributed by atoms with van der Waals surface area (Å²) in [4.78, 5) is 0. The molecule has 0 saturated carbocycles. The first kappa shape index (κ1) is 11.8. The average molecular weight is 301 g/mol. The number of nitrogens with one attached hydrogen (secondary N) is 1. The summed E-state index contributed by atoms with van der Waals surface area (Å²) in [5.74, 6) is 0. The number of rotatable bonds is 5. The largest absolute Gasteiger partial charge is 0.311 e. The Morgan fingerprint density at radius 2 is 2.44 bits per heavy atom. The molecule has 0 aliphatic carbocycles. The number of thiophene rings is 1. The van der Waals surface area contributed by atoms with Crippen molar-refractivity contribution in [1.82, 2.24) is 20.3 Å². The summed E-state index contributed by atoms with van der Waals surface area (Å²) in [6.07, 6.45) is 1.98. The van der Waals surface area contributed by atoms with E-state index in [0.717, 1.165) is 29.1 Å². The number of nitrogens with zero attached hydrogens (tertiary/aromatic N) is 3. The van der Waals surface area contributed by atoms with Crippen LogP contribution in [0.15, 0.2) is 21.4 Å². The van der Waals surface area contributed by atoms with E-state index in [1.54, 1.807) is 11.3 Å². The van der Waals surface area contributed by atoms with Crippen LogP contribution in [0.4, 0.5) is 0 Å². The fourth-order valence-electron chi connectivity index (χ4n) is 1.37. The molecular formula is C10H13BrN4S. The van der Waals surface area contributed by atoms with Crippen LogP contribution < -0.4 is 5.32 Å². The fraction of sp³-hybridized carbons (Fsp3) is 0.400. The van der Waals surface area contributed by atoms with Crippen LogP contribution in [-0.2, 0) is 13.1 Å². The summed E-state index contributed by atoms with van der Waals surface area (Å²) in [5, 5.41) is 13.5. The lowest BCUT2D eigenvalue weighted by Crippen LogP contribution is -2.11. The molecule has 6 heteroatoms. The van der Waals surface area contributed by atoms with Gasteiger partial charge in [0.1, 0.15) is 0 Å². The van der Waals surface area contributed by atoms with Crippen molar-refractivity contribution in [3.8, 4) is 0 Å². The maximum atomic E-state index is 4.10. The molecule has 0 saturated heterocycles. The minimum absolute atomic E-state index is 0.779. The highest BCUT2D eigenvalue weighted by molar-refractivity contribution is 9.11. The van der Waals surface area contributed by atoms with Crippen molar-refractivity contribution in [3.05, 3.63) is 32.7 Å². The van der Waals surface area contributed by atoms with Crippen LogP contribution >= 0.6 is 27.3 Å². The van der Waals surface area contributed by atoms with Crippen molar-refractivity contribution >= 4 is 27.3 Å². The van der Waals surface area contributed by atoms with Gasteiger partial charge in [-0.25, -0.2) is 4.68 Å². The lowest BCUT2D eigenvalue weighted by molar-refractivity contribution is 0.649. The second-order valence-corrected chi connectivity index (χ2v) is 5.74. The van der Waals surface area contributed by atoms with Crippen molar-refractivity contribution < 1.29 is 0 Å². The van der Waals surface area contributed by atoms with E-state index < -0.39 is 0 Å². The van der Waals surface area contributed by atoms with E-state index in [1.165, 1.54) is 5.56 Å². The Hall–Kier alpha value is -0.720. The van der Waals surface area contributed by atoms with Crippen molar-refractivity contribution in [2.24, 2.45) is 0 Å². The molecule has 86 valence electrons. The standard InChI is InChI=1S/C10H13BrN4S/c1-2-12-4-9-6-15(14-13-9)5-8-3-10(11)16-7-8/h3,6-7,12H,2,4-5H2,1H3. The van der Waals surface area contributed by atoms with Crippen LogP contribution in [0.2, 0.25) is 0 Å². The van der Waals surface area contributed by atoms with Gasteiger partial charge in [0, 0.05) is 6.54 Å². The average Bonchev–Trinajstić information content (AvgIpc) is 2.86. The summed E-state index contributed by atoms with van der Waals surface area (Å²) in [7, 11) is 0. The van der Waals surface area contributed by atoms with Gasteiger partial charge < -0.3 is 5.32 Å². The number of hydrogen-bond donors (Lipinski definition) is 1. The van der Waals surface area contributed by atoms with E-state index >= 15 is 0 Å². The normalized spacial score (nSPS) is 10.9. The predicted octanol–water partition coefficient (Wildman–Crippen LogP) is 2.26. The molecule has 0 spiro atoms. The molecule has 2 heterocycles. The first-order valence-corrected chi connectivity index (χ1v) is 6.78. The predicted molar refractivity (Wildman–Crippen MR) is 68.5 cm³/mol. The van der Waals surface area contributed by atoms with Crippen LogP contribution in [0.25, 0.3) is 0 Å². The summed E-state index contributed by atoms with van der Waals surface area (Å²) in [5.41, 5.74) is 2.23. The van der Waals surface area contributed by atoms with Crippen molar-refractivity contribution in [1.29, 1.82) is 0 Å². The lowest BCUT2D eigenvalue weighted by atomic mass is 10.3. The van der Waals surface area contributed by atoms with Crippen LogP contribution in [0.5, 0.6) is 0 Å². The van der Waals surface area contributed by atoms with Gasteiger partial charge >= 0.3 is 0 Å². The van der Waals surface area contributed by atoms with Gasteiger partial charge in [-0.3, -0.25) is 0 Å². The molecule has 0 aromatic carbocycles. The molecule has 2 rings (SSSR count). The monoisotopic (exact) mass is 300 g/mol. The van der Waals surface area contributed by atoms with Gasteiger partial charge in [-0.15, -0.1) is 16.4 Å². The Balaban J connectivity index is 1.97. The highest BCUT2D eigenvalue weighted by Crippen LogP contribution is 2.21. The molecule has 1 N–H and O–H groups in total. The molecule has 0 radical (unpaired) electrons. The van der Waals surface area contributed by atoms with Gasteiger partial charge in [0.2, 0.25) is 0 Å². The quantitative estimate of drug-likeness (QED) is 0.921. The van der Waals surface area contributed by atoms with Gasteiger partial charge in [-0.1, -0.05) is 12.1 Å². The van der Waals surface area contributed by atoms with Crippen LogP contribution in [-0.4, -0.2) is 21.5 Å². The Kier molecular flexibility index (Phi) is 4.09. The molecule has 0 unspecified atom stereocenters. The summed E-state index contributed by atoms with van der Waals surface area (Å²) in [6.45, 7) is 4.59. The Morgan fingerprint density at radius 3 is 3.12 bits per heavy atom. The molecule has 0 aliphatic rings. The van der Waals surface area contributed by atoms with E-state index in [1.807, 2.05) is 10.9 Å². The van der Waals surface area contributed by atoms with E-state index in [4.69, 9.17) is 0 Å². The minimum atomic E-state index is 0.779. The SMILES string of the molecule is CCNCc1cn(Cc2csc(Br)c2)nn1. The summed E-state index contributed by atoms with van der Waals surface area (Å²) < 4.78 is 3.01.